The van der Waals surface area contributed by atoms with E-state index in [0.717, 1.165) is 34.6 Å². The lowest BCUT2D eigenvalue weighted by Crippen LogP contribution is -1.99. The number of hydrogen-bond acceptors (Lipinski definition) is 5. The molecule has 0 aliphatic rings. The van der Waals surface area contributed by atoms with E-state index in [9.17, 15) is 0 Å². The molecule has 0 radical (unpaired) electrons. The lowest BCUT2D eigenvalue weighted by molar-refractivity contribution is 0.567. The molecule has 0 bridgehead atoms. The normalized spacial score (nSPS) is 11.4. The number of hydrogen-bond donors (Lipinski definition) is 0. The van der Waals surface area contributed by atoms with Crippen molar-refractivity contribution < 1.29 is 4.42 Å². The molecule has 0 aliphatic carbocycles. The Bertz CT molecular complexity index is 976. The standard InChI is InChI=1S/C16H14ClN5OS/c1-2-22-15(13-4-3-7-23-13)19-20-16(22)24-10-12-9-21-8-11(17)5-6-14(21)18-12/h3-9H,2,10H2,1H3. The Balaban J connectivity index is 1.57. The molecule has 4 rings (SSSR count). The van der Waals surface area contributed by atoms with E-state index in [1.54, 1.807) is 18.0 Å². The van der Waals surface area contributed by atoms with Crippen molar-refractivity contribution in [1.29, 1.82) is 0 Å². The van der Waals surface area contributed by atoms with E-state index in [1.807, 2.05) is 45.6 Å². The summed E-state index contributed by atoms with van der Waals surface area (Å²) in [5.74, 6) is 2.17. The fourth-order valence-electron chi connectivity index (χ4n) is 2.49. The topological polar surface area (TPSA) is 61.2 Å². The molecule has 0 spiro atoms. The van der Waals surface area contributed by atoms with Crippen LogP contribution in [0, 0.1) is 0 Å². The lowest BCUT2D eigenvalue weighted by atomic mass is 10.4. The molecule has 4 aromatic heterocycles. The van der Waals surface area contributed by atoms with E-state index in [4.69, 9.17) is 16.0 Å². The predicted octanol–water partition coefficient (Wildman–Crippen LogP) is 4.15. The first-order chi connectivity index (χ1) is 11.7. The van der Waals surface area contributed by atoms with Gasteiger partial charge in [0.1, 0.15) is 5.65 Å². The van der Waals surface area contributed by atoms with Gasteiger partial charge >= 0.3 is 0 Å². The highest BCUT2D eigenvalue weighted by molar-refractivity contribution is 7.98. The van der Waals surface area contributed by atoms with Crippen LogP contribution in [0.4, 0.5) is 0 Å². The van der Waals surface area contributed by atoms with E-state index in [0.29, 0.717) is 10.8 Å². The highest BCUT2D eigenvalue weighted by Crippen LogP contribution is 2.26. The van der Waals surface area contributed by atoms with Crippen LogP contribution < -0.4 is 0 Å². The molecule has 0 aromatic carbocycles. The van der Waals surface area contributed by atoms with Gasteiger partial charge in [-0.1, -0.05) is 23.4 Å². The molecule has 0 unspecified atom stereocenters. The van der Waals surface area contributed by atoms with Crippen LogP contribution in [0.1, 0.15) is 12.6 Å². The first-order valence-electron chi connectivity index (χ1n) is 7.47. The fourth-order valence-corrected chi connectivity index (χ4v) is 3.55. The average Bonchev–Trinajstić information content (AvgIpc) is 3.30. The summed E-state index contributed by atoms with van der Waals surface area (Å²) in [5.41, 5.74) is 1.84. The van der Waals surface area contributed by atoms with Crippen molar-refractivity contribution in [1.82, 2.24) is 24.1 Å². The Kier molecular flexibility index (Phi) is 4.03. The molecule has 0 N–H and O–H groups in total. The number of thioether (sulfide) groups is 1. The number of pyridine rings is 1. The quantitative estimate of drug-likeness (QED) is 0.501. The number of rotatable bonds is 5. The van der Waals surface area contributed by atoms with Gasteiger partial charge in [-0.15, -0.1) is 10.2 Å². The van der Waals surface area contributed by atoms with Gasteiger partial charge in [0, 0.05) is 24.7 Å². The van der Waals surface area contributed by atoms with E-state index >= 15 is 0 Å². The summed E-state index contributed by atoms with van der Waals surface area (Å²) in [4.78, 5) is 4.59. The third-order valence-electron chi connectivity index (χ3n) is 3.59. The van der Waals surface area contributed by atoms with Crippen LogP contribution in [0.25, 0.3) is 17.2 Å². The summed E-state index contributed by atoms with van der Waals surface area (Å²) < 4.78 is 9.39. The Morgan fingerprint density at radius 2 is 2.12 bits per heavy atom. The van der Waals surface area contributed by atoms with E-state index in [1.165, 1.54) is 0 Å². The number of furan rings is 1. The minimum absolute atomic E-state index is 0.688. The van der Waals surface area contributed by atoms with Crippen molar-refractivity contribution in [3.05, 3.63) is 53.6 Å². The van der Waals surface area contributed by atoms with Crippen molar-refractivity contribution >= 4 is 29.0 Å². The number of fused-ring (bicyclic) bond motifs is 1. The summed E-state index contributed by atoms with van der Waals surface area (Å²) in [7, 11) is 0. The number of nitrogens with zero attached hydrogens (tertiary/aromatic N) is 5. The molecule has 0 aliphatic heterocycles. The van der Waals surface area contributed by atoms with Crippen LogP contribution in [0.3, 0.4) is 0 Å². The van der Waals surface area contributed by atoms with Crippen molar-refractivity contribution in [2.24, 2.45) is 0 Å². The van der Waals surface area contributed by atoms with Gasteiger partial charge in [0.25, 0.3) is 0 Å². The molecule has 8 heteroatoms. The predicted molar refractivity (Wildman–Crippen MR) is 93.2 cm³/mol. The van der Waals surface area contributed by atoms with Gasteiger partial charge in [0.05, 0.1) is 17.0 Å². The summed E-state index contributed by atoms with van der Waals surface area (Å²) >= 11 is 7.61. The van der Waals surface area contributed by atoms with Crippen LogP contribution >= 0.6 is 23.4 Å². The Labute approximate surface area is 147 Å². The Hall–Kier alpha value is -2.25. The van der Waals surface area contributed by atoms with E-state index < -0.39 is 0 Å². The molecule has 0 fully saturated rings. The van der Waals surface area contributed by atoms with Gasteiger partial charge in [0.2, 0.25) is 0 Å². The first-order valence-corrected chi connectivity index (χ1v) is 8.84. The maximum absolute atomic E-state index is 6.01. The van der Waals surface area contributed by atoms with Gasteiger partial charge in [-0.05, 0) is 31.2 Å². The second-order valence-electron chi connectivity index (χ2n) is 5.16. The van der Waals surface area contributed by atoms with Crippen molar-refractivity contribution in [3.63, 3.8) is 0 Å². The zero-order valence-electron chi connectivity index (χ0n) is 12.9. The molecule has 6 nitrogen and oxygen atoms in total. The first kappa shape index (κ1) is 15.3. The monoisotopic (exact) mass is 359 g/mol. The number of imidazole rings is 1. The van der Waals surface area contributed by atoms with Gasteiger partial charge in [0.15, 0.2) is 16.7 Å². The Morgan fingerprint density at radius 1 is 1.21 bits per heavy atom. The fraction of sp³-hybridized carbons (Fsp3) is 0.188. The summed E-state index contributed by atoms with van der Waals surface area (Å²) in [5, 5.41) is 10.1. The number of aromatic nitrogens is 5. The summed E-state index contributed by atoms with van der Waals surface area (Å²) in [6, 6.07) is 7.47. The second-order valence-corrected chi connectivity index (χ2v) is 6.54. The highest BCUT2D eigenvalue weighted by atomic mass is 35.5. The zero-order valence-corrected chi connectivity index (χ0v) is 14.5. The van der Waals surface area contributed by atoms with Crippen LogP contribution in [-0.4, -0.2) is 24.1 Å². The molecule has 0 atom stereocenters. The summed E-state index contributed by atoms with van der Waals surface area (Å²) in [6.07, 6.45) is 5.47. The van der Waals surface area contributed by atoms with Crippen LogP contribution in [0.15, 0.2) is 52.5 Å². The molecule has 122 valence electrons. The lowest BCUT2D eigenvalue weighted by Gasteiger charge is -2.04. The third-order valence-corrected chi connectivity index (χ3v) is 4.81. The minimum atomic E-state index is 0.688. The summed E-state index contributed by atoms with van der Waals surface area (Å²) in [6.45, 7) is 2.83. The van der Waals surface area contributed by atoms with Crippen molar-refractivity contribution in [2.75, 3.05) is 0 Å². The second kappa shape index (κ2) is 6.33. The van der Waals surface area contributed by atoms with Crippen LogP contribution in [0.5, 0.6) is 0 Å². The third kappa shape index (κ3) is 2.81. The van der Waals surface area contributed by atoms with Gasteiger partial charge in [-0.25, -0.2) is 4.98 Å². The molecule has 0 saturated carbocycles. The molecular weight excluding hydrogens is 346 g/mol. The molecule has 4 aromatic rings. The van der Waals surface area contributed by atoms with E-state index in [-0.39, 0.29) is 0 Å². The molecule has 0 amide bonds. The maximum atomic E-state index is 6.01. The SMILES string of the molecule is CCn1c(SCc2cn3cc(Cl)ccc3n2)nnc1-c1ccco1. The van der Waals surface area contributed by atoms with Gasteiger partial charge in [-0.2, -0.15) is 0 Å². The van der Waals surface area contributed by atoms with Crippen LogP contribution in [0.2, 0.25) is 5.02 Å². The minimum Gasteiger partial charge on any atom is -0.461 e. The Morgan fingerprint density at radius 3 is 2.92 bits per heavy atom. The highest BCUT2D eigenvalue weighted by Gasteiger charge is 2.15. The largest absolute Gasteiger partial charge is 0.461 e. The maximum Gasteiger partial charge on any atom is 0.200 e. The smallest absolute Gasteiger partial charge is 0.200 e. The molecule has 24 heavy (non-hydrogen) atoms. The molecular formula is C16H14ClN5OS. The van der Waals surface area contributed by atoms with Crippen molar-refractivity contribution in [3.8, 4) is 11.6 Å². The van der Waals surface area contributed by atoms with E-state index in [2.05, 4.69) is 22.1 Å². The van der Waals surface area contributed by atoms with Crippen molar-refractivity contribution in [2.45, 2.75) is 24.4 Å². The molecule has 4 heterocycles. The zero-order chi connectivity index (χ0) is 16.5. The number of halogens is 1. The van der Waals surface area contributed by atoms with Gasteiger partial charge in [-0.3, -0.25) is 4.57 Å². The average molecular weight is 360 g/mol. The van der Waals surface area contributed by atoms with Gasteiger partial charge < -0.3 is 8.82 Å². The molecule has 0 saturated heterocycles. The van der Waals surface area contributed by atoms with Crippen LogP contribution in [-0.2, 0) is 12.3 Å².